The molecular weight excluding hydrogens is 635 g/mol. The number of anilines is 4. The number of benzene rings is 3. The van der Waals surface area contributed by atoms with Gasteiger partial charge >= 0.3 is 12.1 Å². The van der Waals surface area contributed by atoms with Crippen molar-refractivity contribution in [3.63, 3.8) is 0 Å². The number of amidine groups is 2. The van der Waals surface area contributed by atoms with Gasteiger partial charge < -0.3 is 42.5 Å². The van der Waals surface area contributed by atoms with Gasteiger partial charge in [-0.15, -0.1) is 24.8 Å². The lowest BCUT2D eigenvalue weighted by atomic mass is 10.2. The van der Waals surface area contributed by atoms with Gasteiger partial charge in [-0.3, -0.25) is 19.6 Å². The Morgan fingerprint density at radius 2 is 0.848 bits per heavy atom. The van der Waals surface area contributed by atoms with Gasteiger partial charge in [0.25, 0.3) is 0 Å². The van der Waals surface area contributed by atoms with Gasteiger partial charge in [-0.05, 0) is 72.8 Å². The van der Waals surface area contributed by atoms with E-state index in [-0.39, 0.29) is 49.7 Å². The summed E-state index contributed by atoms with van der Waals surface area (Å²) in [6.07, 6.45) is 0. The summed E-state index contributed by atoms with van der Waals surface area (Å²) in [4.78, 5) is 57.7. The Morgan fingerprint density at radius 1 is 0.522 bits per heavy atom. The average molecular weight is 670 g/mol. The maximum absolute atomic E-state index is 12.2. The molecule has 0 atom stereocenters. The van der Waals surface area contributed by atoms with Crippen LogP contribution in [0.3, 0.4) is 0 Å². The predicted octanol–water partition coefficient (Wildman–Crippen LogP) is 2.75. The highest BCUT2D eigenvalue weighted by atomic mass is 35.5. The smallest absolute Gasteiger partial charge is 0.319 e. The fourth-order valence-corrected chi connectivity index (χ4v) is 4.32. The zero-order valence-electron chi connectivity index (χ0n) is 24.5. The molecule has 2 aliphatic rings. The van der Waals surface area contributed by atoms with Gasteiger partial charge in [-0.25, -0.2) is 9.59 Å². The molecule has 6 amide bonds. The Morgan fingerprint density at radius 3 is 1.17 bits per heavy atom. The first kappa shape index (κ1) is 35.1. The molecule has 3 aromatic rings. The lowest BCUT2D eigenvalue weighted by molar-refractivity contribution is -0.116. The van der Waals surface area contributed by atoms with Gasteiger partial charge in [0, 0.05) is 47.0 Å². The molecule has 0 aliphatic carbocycles. The minimum absolute atomic E-state index is 0. The standard InChI is InChI=1S/C30H32N10O4.2ClH/c41-25(37-21-5-1-19(2-6-21)27-31-13-14-32-27)17-35-29(43)39-23-9-11-24(12-10-23)40-30(44)36-18-26(42)38-22-7-3-20(4-8-22)28-33-15-16-34-28;;/h1-12H,13-18H2,(H,31,32)(H,33,34)(H,37,41)(H,38,42)(H2,35,39,43)(H2,36,40,44);2*1H. The number of carbonyl (C=O) groups is 4. The number of halogens is 2. The van der Waals surface area contributed by atoms with Crippen molar-refractivity contribution in [3.8, 4) is 0 Å². The van der Waals surface area contributed by atoms with E-state index in [1.54, 1.807) is 48.5 Å². The number of rotatable bonds is 10. The third-order valence-electron chi connectivity index (χ3n) is 6.45. The Bertz CT molecular complexity index is 1460. The van der Waals surface area contributed by atoms with E-state index in [2.05, 4.69) is 52.5 Å². The minimum Gasteiger partial charge on any atom is -0.368 e. The normalized spacial score (nSPS) is 12.8. The summed E-state index contributed by atoms with van der Waals surface area (Å²) in [5.41, 5.74) is 3.99. The monoisotopic (exact) mass is 668 g/mol. The van der Waals surface area contributed by atoms with Crippen molar-refractivity contribution in [2.24, 2.45) is 9.98 Å². The summed E-state index contributed by atoms with van der Waals surface area (Å²) in [7, 11) is 0. The Balaban J connectivity index is 0.00000288. The third-order valence-corrected chi connectivity index (χ3v) is 6.45. The highest BCUT2D eigenvalue weighted by Gasteiger charge is 2.11. The quantitative estimate of drug-likeness (QED) is 0.164. The van der Waals surface area contributed by atoms with Crippen LogP contribution in [0.4, 0.5) is 32.3 Å². The van der Waals surface area contributed by atoms with Crippen LogP contribution >= 0.6 is 24.8 Å². The number of nitrogens with zero attached hydrogens (tertiary/aromatic N) is 2. The maximum atomic E-state index is 12.2. The summed E-state index contributed by atoms with van der Waals surface area (Å²) < 4.78 is 0. The van der Waals surface area contributed by atoms with Crippen molar-refractivity contribution in [2.45, 2.75) is 0 Å². The zero-order chi connectivity index (χ0) is 30.7. The summed E-state index contributed by atoms with van der Waals surface area (Å²) >= 11 is 0. The van der Waals surface area contributed by atoms with Gasteiger partial charge in [0.1, 0.15) is 11.7 Å². The number of amides is 6. The van der Waals surface area contributed by atoms with Gasteiger partial charge in [0.2, 0.25) is 11.8 Å². The molecule has 0 saturated carbocycles. The number of urea groups is 2. The molecular formula is C30H34Cl2N10O4. The van der Waals surface area contributed by atoms with Crippen molar-refractivity contribution in [1.29, 1.82) is 0 Å². The molecule has 2 heterocycles. The number of hydrogen-bond acceptors (Lipinski definition) is 8. The van der Waals surface area contributed by atoms with Crippen LogP contribution in [0.1, 0.15) is 11.1 Å². The second-order valence-corrected chi connectivity index (χ2v) is 9.76. The van der Waals surface area contributed by atoms with Gasteiger partial charge in [-0.1, -0.05) is 0 Å². The average Bonchev–Trinajstić information content (AvgIpc) is 3.77. The van der Waals surface area contributed by atoms with Crippen LogP contribution in [0.2, 0.25) is 0 Å². The molecule has 0 fully saturated rings. The van der Waals surface area contributed by atoms with Gasteiger partial charge in [0.05, 0.1) is 26.2 Å². The van der Waals surface area contributed by atoms with E-state index in [1.165, 1.54) is 0 Å². The van der Waals surface area contributed by atoms with E-state index in [4.69, 9.17) is 0 Å². The van der Waals surface area contributed by atoms with E-state index in [0.717, 1.165) is 49.0 Å². The van der Waals surface area contributed by atoms with E-state index < -0.39 is 12.1 Å². The lowest BCUT2D eigenvalue weighted by Gasteiger charge is -2.11. The summed E-state index contributed by atoms with van der Waals surface area (Å²) in [6, 6.07) is 19.7. The van der Waals surface area contributed by atoms with Gasteiger partial charge in [0.15, 0.2) is 0 Å². The van der Waals surface area contributed by atoms with Crippen LogP contribution in [-0.2, 0) is 9.59 Å². The molecule has 14 nitrogen and oxygen atoms in total. The summed E-state index contributed by atoms with van der Waals surface area (Å²) in [5.74, 6) is 0.904. The number of aliphatic imine (C=N–C) groups is 2. The predicted molar refractivity (Wildman–Crippen MR) is 184 cm³/mol. The van der Waals surface area contributed by atoms with Crippen molar-refractivity contribution < 1.29 is 19.2 Å². The van der Waals surface area contributed by atoms with Gasteiger partial charge in [-0.2, -0.15) is 0 Å². The van der Waals surface area contributed by atoms with E-state index in [1.807, 2.05) is 24.3 Å². The van der Waals surface area contributed by atoms with E-state index in [0.29, 0.717) is 22.7 Å². The Kier molecular flexibility index (Phi) is 13.2. The number of carbonyl (C=O) groups excluding carboxylic acids is 4. The molecule has 242 valence electrons. The Labute approximate surface area is 277 Å². The van der Waals surface area contributed by atoms with Crippen molar-refractivity contribution in [3.05, 3.63) is 83.9 Å². The van der Waals surface area contributed by atoms with Crippen LogP contribution in [0, 0.1) is 0 Å². The van der Waals surface area contributed by atoms with Crippen LogP contribution in [-0.4, -0.2) is 74.8 Å². The molecule has 0 saturated heterocycles. The molecule has 8 N–H and O–H groups in total. The summed E-state index contributed by atoms with van der Waals surface area (Å²) in [6.45, 7) is 2.66. The zero-order valence-corrected chi connectivity index (χ0v) is 26.1. The highest BCUT2D eigenvalue weighted by molar-refractivity contribution is 6.02. The largest absolute Gasteiger partial charge is 0.368 e. The van der Waals surface area contributed by atoms with E-state index in [9.17, 15) is 19.2 Å². The topological polar surface area (TPSA) is 189 Å². The molecule has 5 rings (SSSR count). The fourth-order valence-electron chi connectivity index (χ4n) is 4.32. The van der Waals surface area contributed by atoms with Crippen LogP contribution < -0.4 is 42.5 Å². The third kappa shape index (κ3) is 10.4. The molecule has 46 heavy (non-hydrogen) atoms. The molecule has 0 unspecified atom stereocenters. The van der Waals surface area contributed by atoms with Crippen molar-refractivity contribution in [2.75, 3.05) is 60.5 Å². The number of hydrogen-bond donors (Lipinski definition) is 8. The molecule has 3 aromatic carbocycles. The SMILES string of the molecule is Cl.Cl.O=C(CNC(=O)Nc1ccc(NC(=O)NCC(=O)Nc2ccc(C3=NCCN3)cc2)cc1)Nc1ccc(C2=NCCN2)cc1. The summed E-state index contributed by atoms with van der Waals surface area (Å²) in [5, 5.41) is 22.1. The second kappa shape index (κ2) is 17.2. The molecule has 16 heteroatoms. The maximum Gasteiger partial charge on any atom is 0.319 e. The van der Waals surface area contributed by atoms with Crippen LogP contribution in [0.5, 0.6) is 0 Å². The first-order valence-corrected chi connectivity index (χ1v) is 14.0. The molecule has 0 bridgehead atoms. The van der Waals surface area contributed by atoms with Crippen LogP contribution in [0.25, 0.3) is 0 Å². The second-order valence-electron chi connectivity index (χ2n) is 9.76. The van der Waals surface area contributed by atoms with Crippen LogP contribution in [0.15, 0.2) is 82.8 Å². The molecule has 0 aromatic heterocycles. The fraction of sp³-hybridized carbons (Fsp3) is 0.200. The molecule has 2 aliphatic heterocycles. The number of nitrogens with one attached hydrogen (secondary N) is 8. The lowest BCUT2D eigenvalue weighted by Crippen LogP contribution is -2.36. The highest BCUT2D eigenvalue weighted by Crippen LogP contribution is 2.14. The van der Waals surface area contributed by atoms with Crippen molar-refractivity contribution >= 4 is 83.1 Å². The Hall–Kier alpha value is -5.34. The first-order valence-electron chi connectivity index (χ1n) is 14.0. The molecule has 0 radical (unpaired) electrons. The van der Waals surface area contributed by atoms with E-state index >= 15 is 0 Å². The van der Waals surface area contributed by atoms with Crippen molar-refractivity contribution in [1.82, 2.24) is 21.3 Å². The first-order chi connectivity index (χ1) is 21.4. The molecule has 0 spiro atoms. The minimum atomic E-state index is -0.566.